The van der Waals surface area contributed by atoms with Crippen LogP contribution in [0.5, 0.6) is 0 Å². The summed E-state index contributed by atoms with van der Waals surface area (Å²) in [5.74, 6) is -1.04. The second-order valence-corrected chi connectivity index (χ2v) is 7.08. The summed E-state index contributed by atoms with van der Waals surface area (Å²) < 4.78 is 5.06. The number of esters is 1. The average molecular weight is 392 g/mol. The monoisotopic (exact) mass is 392 g/mol. The lowest BCUT2D eigenvalue weighted by Gasteiger charge is -2.11. The first-order valence-corrected chi connectivity index (χ1v) is 9.63. The largest absolute Gasteiger partial charge is 0.457 e. The highest BCUT2D eigenvalue weighted by molar-refractivity contribution is 6.02. The van der Waals surface area contributed by atoms with E-state index in [2.05, 4.69) is 5.10 Å². The highest BCUT2D eigenvalue weighted by atomic mass is 16.5. The Kier molecular flexibility index (Phi) is 6.54. The van der Waals surface area contributed by atoms with Crippen molar-refractivity contribution < 1.29 is 19.1 Å². The van der Waals surface area contributed by atoms with Gasteiger partial charge in [0.1, 0.15) is 0 Å². The van der Waals surface area contributed by atoms with Crippen LogP contribution in [0, 0.1) is 13.8 Å². The number of hydrogen-bond acceptors (Lipinski definition) is 5. The molecular formula is C23H24N2O4. The molecule has 3 rings (SSSR count). The number of amides is 1. The van der Waals surface area contributed by atoms with E-state index in [1.54, 1.807) is 6.07 Å². The van der Waals surface area contributed by atoms with Crippen LogP contribution in [0.1, 0.15) is 46.3 Å². The molecule has 0 atom stereocenters. The van der Waals surface area contributed by atoms with Crippen LogP contribution in [0.2, 0.25) is 0 Å². The molecule has 2 aromatic carbocycles. The third kappa shape index (κ3) is 5.38. The van der Waals surface area contributed by atoms with Crippen molar-refractivity contribution in [2.45, 2.75) is 33.1 Å². The number of rotatable bonds is 7. The fraction of sp³-hybridized carbons (Fsp3) is 0.304. The van der Waals surface area contributed by atoms with E-state index in [4.69, 9.17) is 4.74 Å². The Morgan fingerprint density at radius 1 is 1.03 bits per heavy atom. The molecule has 150 valence electrons. The number of hydrazone groups is 1. The van der Waals surface area contributed by atoms with Gasteiger partial charge in [0.2, 0.25) is 11.7 Å². The quantitative estimate of drug-likeness (QED) is 0.534. The van der Waals surface area contributed by atoms with Crippen LogP contribution in [0.4, 0.5) is 0 Å². The normalized spacial score (nSPS) is 13.2. The minimum atomic E-state index is -0.566. The first-order chi connectivity index (χ1) is 13.9. The van der Waals surface area contributed by atoms with Gasteiger partial charge in [-0.05, 0) is 31.0 Å². The first-order valence-electron chi connectivity index (χ1n) is 9.63. The molecule has 1 aliphatic heterocycles. The van der Waals surface area contributed by atoms with Gasteiger partial charge >= 0.3 is 5.97 Å². The summed E-state index contributed by atoms with van der Waals surface area (Å²) in [6.45, 7) is 3.92. The standard InChI is InChI=1S/C23H24N2O4/c1-16-8-9-17(2)19(14-16)21(26)15-29-23(28)11-10-22(27)25-13-12-20(24-25)18-6-4-3-5-7-18/h3-9,14H,10-13,15H2,1-2H3. The fourth-order valence-corrected chi connectivity index (χ4v) is 3.14. The van der Waals surface area contributed by atoms with E-state index in [0.29, 0.717) is 18.5 Å². The highest BCUT2D eigenvalue weighted by Gasteiger charge is 2.22. The molecule has 2 aromatic rings. The lowest BCUT2D eigenvalue weighted by atomic mass is 10.0. The van der Waals surface area contributed by atoms with Gasteiger partial charge in [0, 0.05) is 18.4 Å². The molecule has 1 heterocycles. The van der Waals surface area contributed by atoms with Crippen LogP contribution in [0.25, 0.3) is 0 Å². The van der Waals surface area contributed by atoms with Crippen molar-refractivity contribution in [3.05, 3.63) is 70.8 Å². The Morgan fingerprint density at radius 2 is 1.79 bits per heavy atom. The van der Waals surface area contributed by atoms with Crippen LogP contribution in [0.3, 0.4) is 0 Å². The highest BCUT2D eigenvalue weighted by Crippen LogP contribution is 2.15. The lowest BCUT2D eigenvalue weighted by molar-refractivity contribution is -0.145. The van der Waals surface area contributed by atoms with E-state index < -0.39 is 5.97 Å². The van der Waals surface area contributed by atoms with Crippen molar-refractivity contribution in [3.63, 3.8) is 0 Å². The summed E-state index contributed by atoms with van der Waals surface area (Å²) in [6.07, 6.45) is 0.609. The lowest BCUT2D eigenvalue weighted by Crippen LogP contribution is -2.24. The van der Waals surface area contributed by atoms with Crippen LogP contribution in [0.15, 0.2) is 53.6 Å². The topological polar surface area (TPSA) is 76.0 Å². The SMILES string of the molecule is Cc1ccc(C)c(C(=O)COC(=O)CCC(=O)N2CCC(c3ccccc3)=N2)c1. The maximum Gasteiger partial charge on any atom is 0.306 e. The molecule has 0 aliphatic carbocycles. The molecule has 0 N–H and O–H groups in total. The van der Waals surface area contributed by atoms with Crippen LogP contribution in [-0.2, 0) is 14.3 Å². The summed E-state index contributed by atoms with van der Waals surface area (Å²) in [4.78, 5) is 36.5. The van der Waals surface area contributed by atoms with E-state index in [0.717, 1.165) is 22.4 Å². The number of ketones is 1. The van der Waals surface area contributed by atoms with Crippen molar-refractivity contribution in [2.75, 3.05) is 13.2 Å². The molecule has 1 amide bonds. The molecule has 0 bridgehead atoms. The molecule has 1 aliphatic rings. The first kappa shape index (κ1) is 20.5. The molecule has 0 saturated heterocycles. The van der Waals surface area contributed by atoms with Crippen molar-refractivity contribution >= 4 is 23.4 Å². The maximum absolute atomic E-state index is 12.3. The smallest absolute Gasteiger partial charge is 0.306 e. The van der Waals surface area contributed by atoms with E-state index in [1.807, 2.05) is 56.3 Å². The predicted molar refractivity (Wildman–Crippen MR) is 110 cm³/mol. The second kappa shape index (κ2) is 9.28. The molecule has 0 spiro atoms. The zero-order valence-corrected chi connectivity index (χ0v) is 16.7. The summed E-state index contributed by atoms with van der Waals surface area (Å²) in [5, 5.41) is 5.76. The Bertz CT molecular complexity index is 951. The Morgan fingerprint density at radius 3 is 2.55 bits per heavy atom. The van der Waals surface area contributed by atoms with Crippen molar-refractivity contribution in [1.29, 1.82) is 0 Å². The summed E-state index contributed by atoms with van der Waals surface area (Å²) >= 11 is 0. The van der Waals surface area contributed by atoms with Crippen LogP contribution < -0.4 is 0 Å². The number of ether oxygens (including phenoxy) is 1. The van der Waals surface area contributed by atoms with Gasteiger partial charge in [-0.1, -0.05) is 48.0 Å². The second-order valence-electron chi connectivity index (χ2n) is 7.08. The molecule has 29 heavy (non-hydrogen) atoms. The van der Waals surface area contributed by atoms with Gasteiger partial charge in [-0.2, -0.15) is 5.10 Å². The number of carbonyl (C=O) groups excluding carboxylic acids is 3. The van der Waals surface area contributed by atoms with E-state index in [-0.39, 0.29) is 31.1 Å². The number of nitrogens with zero attached hydrogens (tertiary/aromatic N) is 2. The Labute approximate surface area is 170 Å². The van der Waals surface area contributed by atoms with Gasteiger partial charge < -0.3 is 4.74 Å². The molecule has 0 unspecified atom stereocenters. The zero-order chi connectivity index (χ0) is 20.8. The number of benzene rings is 2. The molecule has 6 heteroatoms. The Balaban J connectivity index is 1.46. The fourth-order valence-electron chi connectivity index (χ4n) is 3.14. The summed E-state index contributed by atoms with van der Waals surface area (Å²) in [7, 11) is 0. The van der Waals surface area contributed by atoms with Gasteiger partial charge in [0.15, 0.2) is 6.61 Å². The predicted octanol–water partition coefficient (Wildman–Crippen LogP) is 3.45. The van der Waals surface area contributed by atoms with Gasteiger partial charge in [0.25, 0.3) is 0 Å². The number of aryl methyl sites for hydroxylation is 2. The molecule has 0 fully saturated rings. The average Bonchev–Trinajstić information content (AvgIpc) is 3.23. The van der Waals surface area contributed by atoms with Crippen molar-refractivity contribution in [2.24, 2.45) is 5.10 Å². The van der Waals surface area contributed by atoms with E-state index in [1.165, 1.54) is 5.01 Å². The van der Waals surface area contributed by atoms with E-state index >= 15 is 0 Å². The van der Waals surface area contributed by atoms with Gasteiger partial charge in [-0.3, -0.25) is 14.4 Å². The number of hydrogen-bond donors (Lipinski definition) is 0. The molecule has 6 nitrogen and oxygen atoms in total. The zero-order valence-electron chi connectivity index (χ0n) is 16.7. The number of Topliss-reactive ketones (excluding diaryl/α,β-unsaturated/α-hetero) is 1. The minimum absolute atomic E-state index is 0.00205. The van der Waals surface area contributed by atoms with Crippen molar-refractivity contribution in [3.8, 4) is 0 Å². The maximum atomic E-state index is 12.3. The van der Waals surface area contributed by atoms with Gasteiger partial charge in [-0.15, -0.1) is 0 Å². The van der Waals surface area contributed by atoms with Gasteiger partial charge in [-0.25, -0.2) is 5.01 Å². The molecule has 0 saturated carbocycles. The summed E-state index contributed by atoms with van der Waals surface area (Å²) in [5.41, 5.74) is 4.21. The third-order valence-corrected chi connectivity index (χ3v) is 4.80. The number of carbonyl (C=O) groups is 3. The van der Waals surface area contributed by atoms with E-state index in [9.17, 15) is 14.4 Å². The molecule has 0 aromatic heterocycles. The van der Waals surface area contributed by atoms with Crippen LogP contribution >= 0.6 is 0 Å². The minimum Gasteiger partial charge on any atom is -0.457 e. The molecular weight excluding hydrogens is 368 g/mol. The van der Waals surface area contributed by atoms with Crippen molar-refractivity contribution in [1.82, 2.24) is 5.01 Å². The van der Waals surface area contributed by atoms with Crippen LogP contribution in [-0.4, -0.2) is 41.5 Å². The molecule has 0 radical (unpaired) electrons. The summed E-state index contributed by atoms with van der Waals surface area (Å²) in [6, 6.07) is 15.3. The van der Waals surface area contributed by atoms with Gasteiger partial charge in [0.05, 0.1) is 18.7 Å². The third-order valence-electron chi connectivity index (χ3n) is 4.80. The Hall–Kier alpha value is -3.28.